The van der Waals surface area contributed by atoms with E-state index in [-0.39, 0.29) is 15.0 Å². The lowest BCUT2D eigenvalue weighted by molar-refractivity contribution is 0.0588. The molecule has 0 aliphatic rings. The van der Waals surface area contributed by atoms with Crippen molar-refractivity contribution in [3.05, 3.63) is 21.0 Å². The Hall–Kier alpha value is -0.990. The Labute approximate surface area is 104 Å². The van der Waals surface area contributed by atoms with Gasteiger partial charge in [-0.1, -0.05) is 0 Å². The predicted octanol–water partition coefficient (Wildman–Crippen LogP) is 2.42. The summed E-state index contributed by atoms with van der Waals surface area (Å²) in [7, 11) is 2.46. The third-order valence-electron chi connectivity index (χ3n) is 1.77. The van der Waals surface area contributed by atoms with Crippen LogP contribution in [0.1, 0.15) is 22.6 Å². The van der Waals surface area contributed by atoms with E-state index < -0.39 is 18.1 Å². The van der Waals surface area contributed by atoms with E-state index in [0.29, 0.717) is 0 Å². The van der Waals surface area contributed by atoms with Crippen LogP contribution >= 0.6 is 22.6 Å². The summed E-state index contributed by atoms with van der Waals surface area (Å²) in [4.78, 5) is 14.8. The van der Waals surface area contributed by atoms with Gasteiger partial charge in [-0.05, 0) is 28.7 Å². The molecule has 0 radical (unpaired) electrons. The second-order valence-corrected chi connectivity index (χ2v) is 3.86. The molecule has 0 N–H and O–H groups in total. The van der Waals surface area contributed by atoms with Crippen LogP contribution in [0.2, 0.25) is 0 Å². The lowest BCUT2D eigenvalue weighted by atomic mass is 10.2. The van der Waals surface area contributed by atoms with E-state index in [2.05, 4.69) is 9.72 Å². The minimum Gasteiger partial charge on any atom is -0.494 e. The molecular weight excluding hydrogens is 335 g/mol. The summed E-state index contributed by atoms with van der Waals surface area (Å²) in [6.07, 6.45) is -2.75. The lowest BCUT2D eigenvalue weighted by Crippen LogP contribution is -2.10. The second-order valence-electron chi connectivity index (χ2n) is 2.70. The molecule has 7 heteroatoms. The first kappa shape index (κ1) is 13.1. The van der Waals surface area contributed by atoms with E-state index in [1.165, 1.54) is 13.2 Å². The van der Waals surface area contributed by atoms with Gasteiger partial charge in [0.2, 0.25) is 0 Å². The highest BCUT2D eigenvalue weighted by molar-refractivity contribution is 14.1. The number of hydrogen-bond acceptors (Lipinski definition) is 4. The number of ether oxygens (including phenoxy) is 2. The van der Waals surface area contributed by atoms with Gasteiger partial charge in [-0.3, -0.25) is 0 Å². The highest BCUT2D eigenvalue weighted by atomic mass is 127. The molecule has 1 aromatic rings. The van der Waals surface area contributed by atoms with Crippen molar-refractivity contribution in [3.8, 4) is 5.75 Å². The van der Waals surface area contributed by atoms with Gasteiger partial charge in [0, 0.05) is 3.57 Å². The molecule has 0 unspecified atom stereocenters. The van der Waals surface area contributed by atoms with Crippen LogP contribution in [-0.4, -0.2) is 25.2 Å². The number of esters is 1. The van der Waals surface area contributed by atoms with Gasteiger partial charge in [0.05, 0.1) is 14.2 Å². The van der Waals surface area contributed by atoms with Crippen molar-refractivity contribution < 1.29 is 23.0 Å². The summed E-state index contributed by atoms with van der Waals surface area (Å²) < 4.78 is 34.6. The van der Waals surface area contributed by atoms with Crippen LogP contribution in [0.4, 0.5) is 8.78 Å². The Morgan fingerprint density at radius 1 is 1.50 bits per heavy atom. The third kappa shape index (κ3) is 2.57. The van der Waals surface area contributed by atoms with E-state index in [9.17, 15) is 13.6 Å². The second kappa shape index (κ2) is 5.37. The molecule has 0 atom stereocenters. The molecule has 0 saturated carbocycles. The fourth-order valence-corrected chi connectivity index (χ4v) is 1.68. The first-order valence-electron chi connectivity index (χ1n) is 4.12. The highest BCUT2D eigenvalue weighted by Gasteiger charge is 2.22. The molecule has 0 aliphatic carbocycles. The van der Waals surface area contributed by atoms with E-state index in [1.807, 2.05) is 0 Å². The SMILES string of the molecule is COC(=O)c1nc(C(F)F)c(I)cc1OC. The zero-order valence-electron chi connectivity index (χ0n) is 8.46. The molecule has 0 bridgehead atoms. The number of rotatable bonds is 3. The smallest absolute Gasteiger partial charge is 0.360 e. The standard InChI is InChI=1S/C9H8F2INO3/c1-15-5-3-4(12)6(8(10)11)13-7(5)9(14)16-2/h3,8H,1-2H3. The zero-order valence-corrected chi connectivity index (χ0v) is 10.6. The maximum atomic E-state index is 12.6. The first-order valence-corrected chi connectivity index (χ1v) is 5.20. The number of hydrogen-bond donors (Lipinski definition) is 0. The van der Waals surface area contributed by atoms with Gasteiger partial charge in [0.15, 0.2) is 11.4 Å². The van der Waals surface area contributed by atoms with Crippen LogP contribution in [0, 0.1) is 3.57 Å². The largest absolute Gasteiger partial charge is 0.494 e. The van der Waals surface area contributed by atoms with E-state index in [1.54, 1.807) is 22.6 Å². The molecular formula is C9H8F2INO3. The number of alkyl halides is 2. The van der Waals surface area contributed by atoms with Gasteiger partial charge in [-0.25, -0.2) is 18.6 Å². The van der Waals surface area contributed by atoms with E-state index in [0.717, 1.165) is 7.11 Å². The van der Waals surface area contributed by atoms with Crippen LogP contribution in [-0.2, 0) is 4.74 Å². The first-order chi connectivity index (χ1) is 7.51. The van der Waals surface area contributed by atoms with Crippen molar-refractivity contribution in [2.75, 3.05) is 14.2 Å². The molecule has 16 heavy (non-hydrogen) atoms. The molecule has 0 saturated heterocycles. The monoisotopic (exact) mass is 343 g/mol. The molecule has 88 valence electrons. The average Bonchev–Trinajstić information content (AvgIpc) is 2.27. The molecule has 1 aromatic heterocycles. The summed E-state index contributed by atoms with van der Waals surface area (Å²) in [5, 5.41) is 0. The predicted molar refractivity (Wildman–Crippen MR) is 59.8 cm³/mol. The van der Waals surface area contributed by atoms with Crippen molar-refractivity contribution in [3.63, 3.8) is 0 Å². The topological polar surface area (TPSA) is 48.4 Å². The Morgan fingerprint density at radius 3 is 2.56 bits per heavy atom. The van der Waals surface area contributed by atoms with Gasteiger partial charge in [0.1, 0.15) is 5.69 Å². The fourth-order valence-electron chi connectivity index (χ4n) is 1.04. The maximum Gasteiger partial charge on any atom is 0.360 e. The highest BCUT2D eigenvalue weighted by Crippen LogP contribution is 2.28. The number of methoxy groups -OCH3 is 2. The summed E-state index contributed by atoms with van der Waals surface area (Å²) >= 11 is 1.70. The average molecular weight is 343 g/mol. The van der Waals surface area contributed by atoms with Crippen LogP contribution in [0.25, 0.3) is 0 Å². The van der Waals surface area contributed by atoms with Crippen LogP contribution in [0.15, 0.2) is 6.07 Å². The van der Waals surface area contributed by atoms with Gasteiger partial charge >= 0.3 is 5.97 Å². The summed E-state index contributed by atoms with van der Waals surface area (Å²) in [6.45, 7) is 0. The number of nitrogens with zero attached hydrogens (tertiary/aromatic N) is 1. The van der Waals surface area contributed by atoms with E-state index in [4.69, 9.17) is 4.74 Å². The number of carbonyl (C=O) groups excluding carboxylic acids is 1. The van der Waals surface area contributed by atoms with Gasteiger partial charge in [-0.15, -0.1) is 0 Å². The molecule has 0 fully saturated rings. The lowest BCUT2D eigenvalue weighted by Gasteiger charge is -2.09. The number of pyridine rings is 1. The van der Waals surface area contributed by atoms with Gasteiger partial charge in [-0.2, -0.15) is 0 Å². The van der Waals surface area contributed by atoms with E-state index >= 15 is 0 Å². The zero-order chi connectivity index (χ0) is 12.3. The minimum absolute atomic E-state index is 0.112. The molecule has 1 rings (SSSR count). The normalized spacial score (nSPS) is 10.4. The molecule has 0 aromatic carbocycles. The van der Waals surface area contributed by atoms with Crippen LogP contribution < -0.4 is 4.74 Å². The number of carbonyl (C=O) groups is 1. The number of aromatic nitrogens is 1. The molecule has 4 nitrogen and oxygen atoms in total. The van der Waals surface area contributed by atoms with Crippen molar-refractivity contribution in [1.29, 1.82) is 0 Å². The number of halogens is 3. The Morgan fingerprint density at radius 2 is 2.12 bits per heavy atom. The van der Waals surface area contributed by atoms with Crippen LogP contribution in [0.5, 0.6) is 5.75 Å². The fraction of sp³-hybridized carbons (Fsp3) is 0.333. The molecule has 0 spiro atoms. The summed E-state index contributed by atoms with van der Waals surface area (Å²) in [6, 6.07) is 1.32. The maximum absolute atomic E-state index is 12.6. The molecule has 1 heterocycles. The Balaban J connectivity index is 3.34. The molecule has 0 aliphatic heterocycles. The molecule has 0 amide bonds. The quantitative estimate of drug-likeness (QED) is 0.625. The van der Waals surface area contributed by atoms with Gasteiger partial charge in [0.25, 0.3) is 6.43 Å². The van der Waals surface area contributed by atoms with Crippen molar-refractivity contribution in [2.24, 2.45) is 0 Å². The summed E-state index contributed by atoms with van der Waals surface area (Å²) in [5.74, 6) is -0.698. The minimum atomic E-state index is -2.75. The van der Waals surface area contributed by atoms with Crippen molar-refractivity contribution in [2.45, 2.75) is 6.43 Å². The summed E-state index contributed by atoms with van der Waals surface area (Å²) in [5.41, 5.74) is -0.706. The Kier molecular flexibility index (Phi) is 4.39. The van der Waals surface area contributed by atoms with Gasteiger partial charge < -0.3 is 9.47 Å². The van der Waals surface area contributed by atoms with Crippen molar-refractivity contribution >= 4 is 28.6 Å². The van der Waals surface area contributed by atoms with Crippen LogP contribution in [0.3, 0.4) is 0 Å². The Bertz CT molecular complexity index is 412. The third-order valence-corrected chi connectivity index (χ3v) is 2.64. The van der Waals surface area contributed by atoms with Crippen molar-refractivity contribution in [1.82, 2.24) is 4.98 Å².